The molecule has 0 aromatic heterocycles. The van der Waals surface area contributed by atoms with E-state index in [0.29, 0.717) is 11.3 Å². The van der Waals surface area contributed by atoms with Gasteiger partial charge in [-0.3, -0.25) is 0 Å². The second-order valence-corrected chi connectivity index (χ2v) is 5.57. The molecule has 3 rings (SSSR count). The molecule has 3 aromatic carbocycles. The zero-order valence-corrected chi connectivity index (χ0v) is 14.0. The van der Waals surface area contributed by atoms with Crippen molar-refractivity contribution in [1.82, 2.24) is 0 Å². The van der Waals surface area contributed by atoms with E-state index in [1.54, 1.807) is 24.3 Å². The van der Waals surface area contributed by atoms with Gasteiger partial charge in [-0.2, -0.15) is 0 Å². The van der Waals surface area contributed by atoms with Crippen molar-refractivity contribution < 1.29 is 24.5 Å². The Morgan fingerprint density at radius 2 is 1.33 bits per heavy atom. The largest absolute Gasteiger partial charge is 0.478 e. The van der Waals surface area contributed by atoms with Crippen molar-refractivity contribution in [2.24, 2.45) is 0 Å². The topological polar surface area (TPSA) is 83.8 Å². The molecule has 27 heavy (non-hydrogen) atoms. The Kier molecular flexibility index (Phi) is 5.20. The summed E-state index contributed by atoms with van der Waals surface area (Å²) >= 11 is 0. The molecule has 0 heterocycles. The number of para-hydroxylation sites is 1. The SMILES string of the molecule is O=C(O)c1cc(Oc2ccccc2C#Cc2ccccc2)cc(C(=O)O)c1. The van der Waals surface area contributed by atoms with Crippen LogP contribution in [0.2, 0.25) is 0 Å². The number of hydrogen-bond donors (Lipinski definition) is 2. The van der Waals surface area contributed by atoms with Gasteiger partial charge in [0, 0.05) is 5.56 Å². The van der Waals surface area contributed by atoms with Gasteiger partial charge in [-0.05, 0) is 42.5 Å². The van der Waals surface area contributed by atoms with Crippen LogP contribution in [-0.4, -0.2) is 22.2 Å². The first kappa shape index (κ1) is 17.8. The molecular formula is C22H14O5. The minimum absolute atomic E-state index is 0.112. The van der Waals surface area contributed by atoms with Crippen molar-refractivity contribution in [3.63, 3.8) is 0 Å². The van der Waals surface area contributed by atoms with Gasteiger partial charge in [0.05, 0.1) is 16.7 Å². The van der Waals surface area contributed by atoms with E-state index in [1.165, 1.54) is 12.1 Å². The van der Waals surface area contributed by atoms with Crippen LogP contribution in [0.5, 0.6) is 11.5 Å². The van der Waals surface area contributed by atoms with Crippen molar-refractivity contribution >= 4 is 11.9 Å². The van der Waals surface area contributed by atoms with Gasteiger partial charge in [0.2, 0.25) is 0 Å². The Morgan fingerprint density at radius 1 is 0.741 bits per heavy atom. The average molecular weight is 358 g/mol. The maximum atomic E-state index is 11.2. The molecule has 0 unspecified atom stereocenters. The second-order valence-electron chi connectivity index (χ2n) is 5.57. The lowest BCUT2D eigenvalue weighted by Crippen LogP contribution is -2.03. The van der Waals surface area contributed by atoms with Gasteiger partial charge < -0.3 is 14.9 Å². The van der Waals surface area contributed by atoms with Gasteiger partial charge in [0.25, 0.3) is 0 Å². The molecule has 0 aliphatic carbocycles. The summed E-state index contributed by atoms with van der Waals surface area (Å²) in [5.74, 6) is 4.09. The lowest BCUT2D eigenvalue weighted by Gasteiger charge is -2.09. The predicted octanol–water partition coefficient (Wildman–Crippen LogP) is 4.28. The number of aromatic carboxylic acids is 2. The van der Waals surface area contributed by atoms with Gasteiger partial charge in [-0.25, -0.2) is 9.59 Å². The van der Waals surface area contributed by atoms with Gasteiger partial charge in [0.15, 0.2) is 0 Å². The van der Waals surface area contributed by atoms with Gasteiger partial charge in [-0.1, -0.05) is 42.2 Å². The van der Waals surface area contributed by atoms with E-state index in [2.05, 4.69) is 11.8 Å². The zero-order valence-electron chi connectivity index (χ0n) is 14.0. The highest BCUT2D eigenvalue weighted by Crippen LogP contribution is 2.27. The second kappa shape index (κ2) is 7.89. The van der Waals surface area contributed by atoms with Crippen molar-refractivity contribution in [1.29, 1.82) is 0 Å². The number of carbonyl (C=O) groups is 2. The molecule has 0 amide bonds. The average Bonchev–Trinajstić information content (AvgIpc) is 2.68. The third-order valence-electron chi connectivity index (χ3n) is 3.63. The summed E-state index contributed by atoms with van der Waals surface area (Å²) in [6, 6.07) is 20.1. The lowest BCUT2D eigenvalue weighted by molar-refractivity contribution is 0.0696. The fraction of sp³-hybridized carbons (Fsp3) is 0. The van der Waals surface area contributed by atoms with E-state index in [0.717, 1.165) is 11.6 Å². The van der Waals surface area contributed by atoms with Crippen LogP contribution in [0.4, 0.5) is 0 Å². The zero-order chi connectivity index (χ0) is 19.2. The Morgan fingerprint density at radius 3 is 1.96 bits per heavy atom. The maximum Gasteiger partial charge on any atom is 0.335 e. The van der Waals surface area contributed by atoms with Crippen LogP contribution in [0.3, 0.4) is 0 Å². The number of carboxylic acid groups (broad SMARTS) is 2. The van der Waals surface area contributed by atoms with Gasteiger partial charge in [0.1, 0.15) is 11.5 Å². The summed E-state index contributed by atoms with van der Waals surface area (Å²) in [6.45, 7) is 0. The van der Waals surface area contributed by atoms with Crippen LogP contribution >= 0.6 is 0 Å². The normalized spacial score (nSPS) is 9.78. The monoisotopic (exact) mass is 358 g/mol. The Balaban J connectivity index is 1.96. The van der Waals surface area contributed by atoms with Gasteiger partial charge >= 0.3 is 11.9 Å². The van der Waals surface area contributed by atoms with E-state index in [1.807, 2.05) is 30.3 Å². The summed E-state index contributed by atoms with van der Waals surface area (Å²) in [6.07, 6.45) is 0. The highest BCUT2D eigenvalue weighted by Gasteiger charge is 2.13. The fourth-order valence-corrected chi connectivity index (χ4v) is 2.35. The Labute approximate surface area is 155 Å². The molecule has 2 N–H and O–H groups in total. The summed E-state index contributed by atoms with van der Waals surface area (Å²) < 4.78 is 5.75. The molecule has 5 heteroatoms. The number of carboxylic acids is 2. The number of hydrogen-bond acceptors (Lipinski definition) is 3. The highest BCUT2D eigenvalue weighted by atomic mass is 16.5. The molecular weight excluding hydrogens is 344 g/mol. The first-order chi connectivity index (χ1) is 13.0. The summed E-state index contributed by atoms with van der Waals surface area (Å²) in [7, 11) is 0. The quantitative estimate of drug-likeness (QED) is 0.680. The minimum atomic E-state index is -1.24. The number of ether oxygens (including phenoxy) is 1. The van der Waals surface area contributed by atoms with E-state index < -0.39 is 11.9 Å². The van der Waals surface area contributed by atoms with E-state index in [-0.39, 0.29) is 16.9 Å². The Hall–Kier alpha value is -4.04. The first-order valence-corrected chi connectivity index (χ1v) is 7.98. The molecule has 0 fully saturated rings. The van der Waals surface area contributed by atoms with Crippen LogP contribution in [0, 0.1) is 11.8 Å². The third-order valence-corrected chi connectivity index (χ3v) is 3.63. The molecule has 0 saturated carbocycles. The summed E-state index contributed by atoms with van der Waals surface area (Å²) in [5, 5.41) is 18.4. The lowest BCUT2D eigenvalue weighted by atomic mass is 10.1. The molecule has 0 radical (unpaired) electrons. The van der Waals surface area contributed by atoms with Crippen LogP contribution < -0.4 is 4.74 Å². The molecule has 0 aliphatic heterocycles. The Bertz CT molecular complexity index is 1030. The van der Waals surface area contributed by atoms with Crippen molar-refractivity contribution in [2.75, 3.05) is 0 Å². The molecule has 0 saturated heterocycles. The van der Waals surface area contributed by atoms with Gasteiger partial charge in [-0.15, -0.1) is 0 Å². The highest BCUT2D eigenvalue weighted by molar-refractivity contribution is 5.94. The molecule has 0 aliphatic rings. The van der Waals surface area contributed by atoms with E-state index in [4.69, 9.17) is 4.74 Å². The van der Waals surface area contributed by atoms with Crippen LogP contribution in [-0.2, 0) is 0 Å². The molecule has 5 nitrogen and oxygen atoms in total. The molecule has 132 valence electrons. The number of benzene rings is 3. The molecule has 0 spiro atoms. The van der Waals surface area contributed by atoms with Crippen LogP contribution in [0.25, 0.3) is 0 Å². The number of rotatable bonds is 4. The van der Waals surface area contributed by atoms with E-state index >= 15 is 0 Å². The third kappa shape index (κ3) is 4.53. The van der Waals surface area contributed by atoms with E-state index in [9.17, 15) is 19.8 Å². The fourth-order valence-electron chi connectivity index (χ4n) is 2.35. The van der Waals surface area contributed by atoms with Crippen LogP contribution in [0.15, 0.2) is 72.8 Å². The summed E-state index contributed by atoms with van der Waals surface area (Å²) in [5.41, 5.74) is 1.10. The minimum Gasteiger partial charge on any atom is -0.478 e. The van der Waals surface area contributed by atoms with Crippen molar-refractivity contribution in [3.05, 3.63) is 95.1 Å². The molecule has 3 aromatic rings. The van der Waals surface area contributed by atoms with Crippen molar-refractivity contribution in [3.8, 4) is 23.3 Å². The first-order valence-electron chi connectivity index (χ1n) is 7.98. The standard InChI is InChI=1S/C22H14O5/c23-21(24)17-12-18(22(25)26)14-19(13-17)27-20-9-5-4-8-16(20)11-10-15-6-2-1-3-7-15/h1-9,12-14H,(H,23,24)(H,25,26). The maximum absolute atomic E-state index is 11.2. The van der Waals surface area contributed by atoms with Crippen LogP contribution in [0.1, 0.15) is 31.8 Å². The molecule has 0 bridgehead atoms. The smallest absolute Gasteiger partial charge is 0.335 e. The van der Waals surface area contributed by atoms with Crippen molar-refractivity contribution in [2.45, 2.75) is 0 Å². The predicted molar refractivity (Wildman–Crippen MR) is 99.3 cm³/mol. The molecule has 0 atom stereocenters. The summed E-state index contributed by atoms with van der Waals surface area (Å²) in [4.78, 5) is 22.5.